The number of furan rings is 1. The van der Waals surface area contributed by atoms with E-state index >= 15 is 0 Å². The summed E-state index contributed by atoms with van der Waals surface area (Å²) in [6, 6.07) is 3.35. The molecule has 0 aromatic carbocycles. The zero-order valence-corrected chi connectivity index (χ0v) is 10.5. The van der Waals surface area contributed by atoms with Crippen LogP contribution in [0.15, 0.2) is 22.7 Å². The van der Waals surface area contributed by atoms with E-state index in [1.807, 2.05) is 0 Å². The minimum atomic E-state index is -0.323. The molecule has 0 radical (unpaired) electrons. The van der Waals surface area contributed by atoms with Crippen LogP contribution in [0, 0.1) is 18.8 Å². The normalized spacial score (nSPS) is 9.67. The lowest BCUT2D eigenvalue weighted by Crippen LogP contribution is -2.10. The highest BCUT2D eigenvalue weighted by molar-refractivity contribution is 7.16. The third-order valence-electron chi connectivity index (χ3n) is 2.00. The van der Waals surface area contributed by atoms with E-state index in [1.54, 1.807) is 25.3 Å². The van der Waals surface area contributed by atoms with Crippen molar-refractivity contribution >= 4 is 22.4 Å². The molecule has 3 N–H and O–H groups in total. The van der Waals surface area contributed by atoms with E-state index in [2.05, 4.69) is 22.1 Å². The van der Waals surface area contributed by atoms with Crippen LogP contribution in [0.2, 0.25) is 0 Å². The summed E-state index contributed by atoms with van der Waals surface area (Å²) in [5, 5.41) is 3.13. The lowest BCUT2D eigenvalue weighted by Gasteiger charge is -1.96. The van der Waals surface area contributed by atoms with Crippen LogP contribution in [0.1, 0.15) is 21.2 Å². The quantitative estimate of drug-likeness (QED) is 0.805. The van der Waals surface area contributed by atoms with Crippen molar-refractivity contribution < 1.29 is 9.21 Å². The topological polar surface area (TPSA) is 81.2 Å². The highest BCUT2D eigenvalue weighted by atomic mass is 32.1. The number of nitrogens with zero attached hydrogens (tertiary/aromatic N) is 1. The van der Waals surface area contributed by atoms with Crippen molar-refractivity contribution in [3.8, 4) is 11.8 Å². The molecule has 0 atom stereocenters. The third-order valence-corrected chi connectivity index (χ3v) is 2.83. The van der Waals surface area contributed by atoms with Gasteiger partial charge in [-0.05, 0) is 19.1 Å². The smallest absolute Gasteiger partial charge is 0.293 e. The van der Waals surface area contributed by atoms with E-state index in [4.69, 9.17) is 10.2 Å². The summed E-state index contributed by atoms with van der Waals surface area (Å²) in [5.41, 5.74) is 5.27. The fourth-order valence-electron chi connectivity index (χ4n) is 1.24. The Morgan fingerprint density at radius 2 is 2.44 bits per heavy atom. The Bertz CT molecular complexity index is 619. The van der Waals surface area contributed by atoms with Crippen LogP contribution in [-0.2, 0) is 0 Å². The molecule has 0 bridgehead atoms. The van der Waals surface area contributed by atoms with Gasteiger partial charge in [0, 0.05) is 0 Å². The molecule has 0 saturated heterocycles. The van der Waals surface area contributed by atoms with Crippen LogP contribution >= 0.6 is 11.3 Å². The number of amides is 1. The Labute approximate surface area is 108 Å². The highest BCUT2D eigenvalue weighted by Gasteiger charge is 2.11. The first-order chi connectivity index (χ1) is 8.69. The maximum Gasteiger partial charge on any atom is 0.293 e. The molecule has 0 aliphatic carbocycles. The first-order valence-electron chi connectivity index (χ1n) is 5.21. The summed E-state index contributed by atoms with van der Waals surface area (Å²) < 4.78 is 5.21. The van der Waals surface area contributed by atoms with Crippen LogP contribution in [0.25, 0.3) is 0 Å². The molecule has 6 heteroatoms. The number of aromatic nitrogens is 1. The van der Waals surface area contributed by atoms with Crippen LogP contribution in [0.4, 0.5) is 5.13 Å². The fraction of sp³-hybridized carbons (Fsp3) is 0.167. The number of anilines is 1. The fourth-order valence-corrected chi connectivity index (χ4v) is 1.93. The second-order valence-corrected chi connectivity index (χ2v) is 4.43. The van der Waals surface area contributed by atoms with Crippen molar-refractivity contribution in [3.63, 3.8) is 0 Å². The predicted octanol–water partition coefficient (Wildman–Crippen LogP) is 1.61. The van der Waals surface area contributed by atoms with Gasteiger partial charge in [-0.15, -0.1) is 0 Å². The van der Waals surface area contributed by atoms with Crippen LogP contribution < -0.4 is 11.1 Å². The summed E-state index contributed by atoms with van der Waals surface area (Å²) in [7, 11) is 0. The average Bonchev–Trinajstić information content (AvgIpc) is 2.96. The summed E-state index contributed by atoms with van der Waals surface area (Å²) in [4.78, 5) is 16.6. The Morgan fingerprint density at radius 3 is 3.11 bits per heavy atom. The molecule has 0 saturated carbocycles. The summed E-state index contributed by atoms with van der Waals surface area (Å²) in [6.45, 7) is 2.08. The van der Waals surface area contributed by atoms with E-state index in [1.165, 1.54) is 11.3 Å². The first kappa shape index (κ1) is 12.4. The molecule has 2 rings (SSSR count). The van der Waals surface area contributed by atoms with Gasteiger partial charge in [-0.1, -0.05) is 23.2 Å². The summed E-state index contributed by atoms with van der Waals surface area (Å²) in [5.74, 6) is 6.20. The van der Waals surface area contributed by atoms with Crippen molar-refractivity contribution in [2.75, 3.05) is 11.9 Å². The number of nitrogens with one attached hydrogen (secondary N) is 1. The second kappa shape index (κ2) is 5.49. The Morgan fingerprint density at radius 1 is 1.61 bits per heavy atom. The molecule has 92 valence electrons. The molecular formula is C12H11N3O2S. The zero-order valence-electron chi connectivity index (χ0n) is 9.69. The van der Waals surface area contributed by atoms with Crippen molar-refractivity contribution in [2.24, 2.45) is 5.73 Å². The summed E-state index contributed by atoms with van der Waals surface area (Å²) in [6.07, 6.45) is 1.59. The van der Waals surface area contributed by atoms with Gasteiger partial charge in [-0.3, -0.25) is 10.1 Å². The maximum absolute atomic E-state index is 11.8. The number of hydrogen-bond donors (Lipinski definition) is 2. The molecule has 0 fully saturated rings. The van der Waals surface area contributed by atoms with Crippen LogP contribution in [0.3, 0.4) is 0 Å². The molecule has 0 aliphatic heterocycles. The van der Waals surface area contributed by atoms with E-state index in [-0.39, 0.29) is 11.7 Å². The summed E-state index contributed by atoms with van der Waals surface area (Å²) >= 11 is 1.29. The average molecular weight is 261 g/mol. The standard InChI is InChI=1S/C12H11N3O2S/c1-8-4-5-10(17-8)11(16)15-12-14-7-9(18-12)3-2-6-13/h4-5,7H,6,13H2,1H3,(H,14,15,16). The van der Waals surface area contributed by atoms with Crippen molar-refractivity contribution in [1.82, 2.24) is 4.98 Å². The van der Waals surface area contributed by atoms with Gasteiger partial charge in [-0.2, -0.15) is 0 Å². The van der Waals surface area contributed by atoms with Gasteiger partial charge in [0.2, 0.25) is 0 Å². The van der Waals surface area contributed by atoms with Gasteiger partial charge in [-0.25, -0.2) is 4.98 Å². The number of carbonyl (C=O) groups excluding carboxylic acids is 1. The van der Waals surface area contributed by atoms with Gasteiger partial charge in [0.1, 0.15) is 5.76 Å². The van der Waals surface area contributed by atoms with Gasteiger partial charge in [0.25, 0.3) is 5.91 Å². The third kappa shape index (κ3) is 2.97. The van der Waals surface area contributed by atoms with E-state index in [0.717, 1.165) is 4.88 Å². The highest BCUT2D eigenvalue weighted by Crippen LogP contribution is 2.18. The molecule has 0 aliphatic rings. The molecule has 2 aromatic rings. The number of thiazole rings is 1. The molecule has 1 amide bonds. The van der Waals surface area contributed by atoms with Gasteiger partial charge < -0.3 is 10.2 Å². The Hall–Kier alpha value is -2.10. The molecule has 5 nitrogen and oxygen atoms in total. The lowest BCUT2D eigenvalue weighted by atomic mass is 10.4. The monoisotopic (exact) mass is 261 g/mol. The Kier molecular flexibility index (Phi) is 3.77. The number of aryl methyl sites for hydroxylation is 1. The number of nitrogens with two attached hydrogens (primary N) is 1. The van der Waals surface area contributed by atoms with Gasteiger partial charge >= 0.3 is 0 Å². The largest absolute Gasteiger partial charge is 0.456 e. The van der Waals surface area contributed by atoms with Crippen molar-refractivity contribution in [3.05, 3.63) is 34.7 Å². The Balaban J connectivity index is 2.05. The first-order valence-corrected chi connectivity index (χ1v) is 6.03. The minimum absolute atomic E-state index is 0.261. The molecule has 0 spiro atoms. The van der Waals surface area contributed by atoms with Gasteiger partial charge in [0.05, 0.1) is 17.6 Å². The lowest BCUT2D eigenvalue weighted by molar-refractivity contribution is 0.0995. The van der Waals surface area contributed by atoms with Crippen LogP contribution in [-0.4, -0.2) is 17.4 Å². The van der Waals surface area contributed by atoms with Crippen molar-refractivity contribution in [1.29, 1.82) is 0 Å². The van der Waals surface area contributed by atoms with Crippen molar-refractivity contribution in [2.45, 2.75) is 6.92 Å². The zero-order chi connectivity index (χ0) is 13.0. The van der Waals surface area contributed by atoms with E-state index < -0.39 is 0 Å². The number of rotatable bonds is 2. The minimum Gasteiger partial charge on any atom is -0.456 e. The predicted molar refractivity (Wildman–Crippen MR) is 69.4 cm³/mol. The second-order valence-electron chi connectivity index (χ2n) is 3.40. The molecular weight excluding hydrogens is 250 g/mol. The van der Waals surface area contributed by atoms with Crippen LogP contribution in [0.5, 0.6) is 0 Å². The van der Waals surface area contributed by atoms with E-state index in [0.29, 0.717) is 17.4 Å². The SMILES string of the molecule is Cc1ccc(C(=O)Nc2ncc(C#CCN)s2)o1. The maximum atomic E-state index is 11.8. The number of carbonyl (C=O) groups is 1. The number of hydrogen-bond acceptors (Lipinski definition) is 5. The van der Waals surface area contributed by atoms with E-state index in [9.17, 15) is 4.79 Å². The molecule has 2 heterocycles. The van der Waals surface area contributed by atoms with Gasteiger partial charge in [0.15, 0.2) is 10.9 Å². The molecule has 2 aromatic heterocycles. The molecule has 0 unspecified atom stereocenters. The molecule has 18 heavy (non-hydrogen) atoms.